The van der Waals surface area contributed by atoms with E-state index in [4.69, 9.17) is 0 Å². The molecule has 4 nitrogen and oxygen atoms in total. The monoisotopic (exact) mass is 382 g/mol. The maximum atomic E-state index is 12.8. The molecular formula is C14H27IN2O2. The molecule has 19 heavy (non-hydrogen) atoms. The van der Waals surface area contributed by atoms with Gasteiger partial charge in [0.15, 0.2) is 0 Å². The molecule has 0 radical (unpaired) electrons. The second kappa shape index (κ2) is 5.85. The van der Waals surface area contributed by atoms with Gasteiger partial charge in [-0.2, -0.15) is 0 Å². The maximum absolute atomic E-state index is 12.8. The largest absolute Gasteiger partial charge is 0.390 e. The Hall–Kier alpha value is 0.120. The van der Waals surface area contributed by atoms with E-state index in [1.165, 1.54) is 0 Å². The zero-order valence-corrected chi connectivity index (χ0v) is 15.1. The zero-order chi connectivity index (χ0) is 15.0. The van der Waals surface area contributed by atoms with Crippen LogP contribution in [-0.2, 0) is 4.79 Å². The lowest BCUT2D eigenvalue weighted by Gasteiger charge is -2.46. The summed E-state index contributed by atoms with van der Waals surface area (Å²) >= 11 is 2.32. The summed E-state index contributed by atoms with van der Waals surface area (Å²) in [5.74, 6) is 0.152. The smallest absolute Gasteiger partial charge is 0.228 e. The molecule has 1 N–H and O–H groups in total. The highest BCUT2D eigenvalue weighted by atomic mass is 127. The third-order valence-corrected chi connectivity index (χ3v) is 4.35. The van der Waals surface area contributed by atoms with Gasteiger partial charge in [0.25, 0.3) is 0 Å². The van der Waals surface area contributed by atoms with Crippen LogP contribution < -0.4 is 0 Å². The number of carbonyl (C=O) groups excluding carboxylic acids is 1. The minimum absolute atomic E-state index is 0.152. The van der Waals surface area contributed by atoms with Crippen LogP contribution in [0.1, 0.15) is 48.0 Å². The van der Waals surface area contributed by atoms with Crippen LogP contribution in [0.2, 0.25) is 0 Å². The number of nitrogens with zero attached hydrogens (tertiary/aromatic N) is 2. The summed E-state index contributed by atoms with van der Waals surface area (Å²) in [5.41, 5.74) is -1.36. The van der Waals surface area contributed by atoms with Gasteiger partial charge in [-0.05, 0) is 34.1 Å². The van der Waals surface area contributed by atoms with E-state index >= 15 is 0 Å². The van der Waals surface area contributed by atoms with Gasteiger partial charge in [-0.15, -0.1) is 0 Å². The molecule has 0 saturated carbocycles. The summed E-state index contributed by atoms with van der Waals surface area (Å²) in [6.07, 6.45) is 0.475. The fourth-order valence-electron chi connectivity index (χ4n) is 3.17. The molecule has 1 fully saturated rings. The first-order valence-electron chi connectivity index (χ1n) is 6.90. The van der Waals surface area contributed by atoms with Crippen molar-refractivity contribution in [2.24, 2.45) is 5.41 Å². The van der Waals surface area contributed by atoms with Crippen molar-refractivity contribution >= 4 is 28.8 Å². The number of halogens is 1. The number of hydrogen-bond donors (Lipinski definition) is 1. The van der Waals surface area contributed by atoms with Gasteiger partial charge >= 0.3 is 0 Å². The summed E-state index contributed by atoms with van der Waals surface area (Å²) in [5, 5.41) is 9.99. The van der Waals surface area contributed by atoms with Crippen molar-refractivity contribution in [3.63, 3.8) is 0 Å². The van der Waals surface area contributed by atoms with Gasteiger partial charge in [0.05, 0.1) is 5.60 Å². The van der Waals surface area contributed by atoms with E-state index in [0.717, 1.165) is 13.1 Å². The molecule has 2 atom stereocenters. The second-order valence-corrected chi connectivity index (χ2v) is 8.48. The van der Waals surface area contributed by atoms with E-state index in [0.29, 0.717) is 6.42 Å². The minimum atomic E-state index is -0.823. The van der Waals surface area contributed by atoms with Crippen LogP contribution in [0.3, 0.4) is 0 Å². The molecule has 112 valence electrons. The van der Waals surface area contributed by atoms with Crippen molar-refractivity contribution in [2.45, 2.75) is 65.6 Å². The highest BCUT2D eigenvalue weighted by Crippen LogP contribution is 2.32. The number of amides is 1. The molecule has 0 spiro atoms. The van der Waals surface area contributed by atoms with Crippen LogP contribution in [-0.4, -0.2) is 49.8 Å². The van der Waals surface area contributed by atoms with Gasteiger partial charge in [0.2, 0.25) is 5.91 Å². The standard InChI is InChI=1S/C14H27IN2O2/c1-10-7-16(15)8-11(2)17(10)12(18)13(3,4)9-14(5,6)19/h10-11,19H,7-9H2,1-6H3/t10-,11+. The van der Waals surface area contributed by atoms with Gasteiger partial charge in [0, 0.05) is 53.5 Å². The molecule has 1 saturated heterocycles. The number of piperazine rings is 1. The summed E-state index contributed by atoms with van der Waals surface area (Å²) in [6.45, 7) is 13.4. The van der Waals surface area contributed by atoms with Crippen LogP contribution >= 0.6 is 22.9 Å². The molecule has 0 aromatic rings. The van der Waals surface area contributed by atoms with Crippen molar-refractivity contribution in [3.05, 3.63) is 0 Å². The predicted molar refractivity (Wildman–Crippen MR) is 86.1 cm³/mol. The third-order valence-electron chi connectivity index (χ3n) is 3.56. The number of hydrogen-bond acceptors (Lipinski definition) is 3. The lowest BCUT2D eigenvalue weighted by atomic mass is 9.80. The Bertz CT molecular complexity index is 327. The number of rotatable bonds is 3. The zero-order valence-electron chi connectivity index (χ0n) is 12.9. The highest BCUT2D eigenvalue weighted by Gasteiger charge is 2.41. The van der Waals surface area contributed by atoms with Crippen molar-refractivity contribution in [1.82, 2.24) is 8.01 Å². The van der Waals surface area contributed by atoms with Crippen LogP contribution in [0, 0.1) is 5.41 Å². The molecule has 1 heterocycles. The van der Waals surface area contributed by atoms with Gasteiger partial charge in [-0.1, -0.05) is 13.8 Å². The van der Waals surface area contributed by atoms with Gasteiger partial charge in [0.1, 0.15) is 0 Å². The van der Waals surface area contributed by atoms with E-state index in [1.807, 2.05) is 18.7 Å². The van der Waals surface area contributed by atoms with Crippen molar-refractivity contribution in [3.8, 4) is 0 Å². The highest BCUT2D eigenvalue weighted by molar-refractivity contribution is 14.1. The third kappa shape index (κ3) is 4.56. The fourth-order valence-corrected chi connectivity index (χ4v) is 4.31. The van der Waals surface area contributed by atoms with Gasteiger partial charge in [-0.3, -0.25) is 4.79 Å². The first-order valence-corrected chi connectivity index (χ1v) is 7.86. The van der Waals surface area contributed by atoms with E-state index in [9.17, 15) is 9.90 Å². The molecular weight excluding hydrogens is 355 g/mol. The topological polar surface area (TPSA) is 43.8 Å². The average molecular weight is 382 g/mol. The van der Waals surface area contributed by atoms with Crippen LogP contribution in [0.25, 0.3) is 0 Å². The molecule has 1 aliphatic rings. The SMILES string of the molecule is C[C@@H]1CN(I)C[C@H](C)N1C(=O)C(C)(C)CC(C)(C)O. The minimum Gasteiger partial charge on any atom is -0.390 e. The Morgan fingerprint density at radius 1 is 1.21 bits per heavy atom. The molecule has 0 aromatic heterocycles. The molecule has 0 aliphatic carbocycles. The predicted octanol–water partition coefficient (Wildman–Crippen LogP) is 2.44. The van der Waals surface area contributed by atoms with Crippen LogP contribution in [0.4, 0.5) is 0 Å². The fraction of sp³-hybridized carbons (Fsp3) is 0.929. The second-order valence-electron chi connectivity index (χ2n) is 7.11. The lowest BCUT2D eigenvalue weighted by molar-refractivity contribution is -0.150. The molecule has 1 aliphatic heterocycles. The molecule has 1 amide bonds. The van der Waals surface area contributed by atoms with E-state index in [2.05, 4.69) is 39.8 Å². The van der Waals surface area contributed by atoms with Crippen molar-refractivity contribution in [1.29, 1.82) is 0 Å². The summed E-state index contributed by atoms with van der Waals surface area (Å²) in [4.78, 5) is 14.8. The van der Waals surface area contributed by atoms with E-state index in [1.54, 1.807) is 13.8 Å². The van der Waals surface area contributed by atoms with E-state index in [-0.39, 0.29) is 18.0 Å². The number of carbonyl (C=O) groups is 1. The Kier molecular flexibility index (Phi) is 5.29. The quantitative estimate of drug-likeness (QED) is 0.603. The first-order chi connectivity index (χ1) is 8.44. The molecule has 0 aromatic carbocycles. The Labute approximate surface area is 131 Å². The molecule has 5 heteroatoms. The van der Waals surface area contributed by atoms with Gasteiger partial charge < -0.3 is 10.0 Å². The van der Waals surface area contributed by atoms with Crippen LogP contribution in [0.5, 0.6) is 0 Å². The molecule has 0 bridgehead atoms. The van der Waals surface area contributed by atoms with Crippen LogP contribution in [0.15, 0.2) is 0 Å². The molecule has 0 unspecified atom stereocenters. The first kappa shape index (κ1) is 17.2. The summed E-state index contributed by atoms with van der Waals surface area (Å²) in [7, 11) is 0. The Morgan fingerprint density at radius 2 is 1.63 bits per heavy atom. The summed E-state index contributed by atoms with van der Waals surface area (Å²) < 4.78 is 2.24. The Morgan fingerprint density at radius 3 is 2.00 bits per heavy atom. The molecule has 1 rings (SSSR count). The van der Waals surface area contributed by atoms with E-state index < -0.39 is 11.0 Å². The lowest BCUT2D eigenvalue weighted by Crippen LogP contribution is -2.59. The normalized spacial score (nSPS) is 26.6. The maximum Gasteiger partial charge on any atom is 0.228 e. The van der Waals surface area contributed by atoms with Crippen molar-refractivity contribution in [2.75, 3.05) is 13.1 Å². The summed E-state index contributed by atoms with van der Waals surface area (Å²) in [6, 6.07) is 0.434. The van der Waals surface area contributed by atoms with Crippen molar-refractivity contribution < 1.29 is 9.90 Å². The van der Waals surface area contributed by atoms with Gasteiger partial charge in [-0.25, -0.2) is 3.11 Å². The number of aliphatic hydroxyl groups is 1. The Balaban J connectivity index is 2.86. The average Bonchev–Trinajstić information content (AvgIpc) is 2.11.